The van der Waals surface area contributed by atoms with Gasteiger partial charge < -0.3 is 4.57 Å². The summed E-state index contributed by atoms with van der Waals surface area (Å²) >= 11 is 0. The Bertz CT molecular complexity index is 2800. The van der Waals surface area contributed by atoms with E-state index in [0.717, 1.165) is 60.5 Å². The monoisotopic (exact) mass is 644 g/mol. The molecule has 0 N–H and O–H groups in total. The van der Waals surface area contributed by atoms with Gasteiger partial charge in [0.25, 0.3) is 0 Å². The van der Waals surface area contributed by atoms with Crippen LogP contribution in [0.15, 0.2) is 176 Å². The second-order valence-corrected chi connectivity index (χ2v) is 15.4. The van der Waals surface area contributed by atoms with Crippen molar-refractivity contribution in [3.05, 3.63) is 176 Å². The van der Waals surface area contributed by atoms with Crippen LogP contribution in [0.3, 0.4) is 0 Å². The Labute approximate surface area is 284 Å². The number of nitrogens with zero attached hydrogens (tertiary/aromatic N) is 2. The van der Waals surface area contributed by atoms with E-state index >= 15 is 4.57 Å². The van der Waals surface area contributed by atoms with Crippen LogP contribution >= 0.6 is 7.14 Å². The Hall–Kier alpha value is -6.02. The number of hydrogen-bond donors (Lipinski definition) is 0. The maximum atomic E-state index is 16.1. The van der Waals surface area contributed by atoms with Crippen LogP contribution in [0, 0.1) is 0 Å². The first kappa shape index (κ1) is 28.0. The fourth-order valence-corrected chi connectivity index (χ4v) is 10.9. The highest BCUT2D eigenvalue weighted by molar-refractivity contribution is 7.86. The number of para-hydroxylation sites is 1. The second-order valence-electron chi connectivity index (χ2n) is 12.7. The summed E-state index contributed by atoms with van der Waals surface area (Å²) in [6.07, 6.45) is 0. The van der Waals surface area contributed by atoms with Gasteiger partial charge in [0, 0.05) is 16.2 Å². The van der Waals surface area contributed by atoms with Crippen molar-refractivity contribution >= 4 is 55.6 Å². The first-order valence-electron chi connectivity index (χ1n) is 16.6. The number of benzene rings is 8. The summed E-state index contributed by atoms with van der Waals surface area (Å²) in [7, 11) is -3.33. The fraction of sp³-hybridized carbons (Fsp3) is 0. The van der Waals surface area contributed by atoms with Gasteiger partial charge in [-0.2, -0.15) is 0 Å². The molecule has 1 aliphatic rings. The highest BCUT2D eigenvalue weighted by atomic mass is 31.2. The van der Waals surface area contributed by atoms with E-state index in [0.29, 0.717) is 0 Å². The number of hydrogen-bond acceptors (Lipinski definition) is 2. The van der Waals surface area contributed by atoms with Crippen molar-refractivity contribution in [3.8, 4) is 39.3 Å². The van der Waals surface area contributed by atoms with Crippen molar-refractivity contribution in [1.82, 2.24) is 9.55 Å². The Kier molecular flexibility index (Phi) is 6.15. The van der Waals surface area contributed by atoms with Crippen LogP contribution in [0.1, 0.15) is 0 Å². The van der Waals surface area contributed by atoms with Gasteiger partial charge in [0.15, 0.2) is 7.14 Å². The molecule has 4 heteroatoms. The molecule has 1 aromatic heterocycles. The summed E-state index contributed by atoms with van der Waals surface area (Å²) < 4.78 is 18.4. The van der Waals surface area contributed by atoms with Crippen molar-refractivity contribution in [3.63, 3.8) is 0 Å². The topological polar surface area (TPSA) is 34.9 Å². The summed E-state index contributed by atoms with van der Waals surface area (Å²) in [5.41, 5.74) is 8.09. The summed E-state index contributed by atoms with van der Waals surface area (Å²) in [5, 5.41) is 7.28. The standard InChI is InChI=1S/C45H29N2OP/c48-49(38-15-5-2-6-16-38)42-20-10-18-40-43(42)47(45(46-40)31-12-3-1-4-13-31)41-19-9-17-39(44(41)49)37-26-25-35-28-34(23-24-36(35)29-37)33-22-21-30-11-7-8-14-32(30)27-33/h1-29H. The average molecular weight is 645 g/mol. The average Bonchev–Trinajstić information content (AvgIpc) is 3.57. The third-order valence-electron chi connectivity index (χ3n) is 9.95. The molecule has 9 aromatic rings. The minimum Gasteiger partial charge on any atom is -0.308 e. The molecule has 0 radical (unpaired) electrons. The van der Waals surface area contributed by atoms with E-state index in [4.69, 9.17) is 4.98 Å². The normalized spacial score (nSPS) is 15.1. The maximum Gasteiger partial charge on any atom is 0.175 e. The highest BCUT2D eigenvalue weighted by Gasteiger charge is 2.41. The van der Waals surface area contributed by atoms with Gasteiger partial charge in [0.05, 0.1) is 22.0 Å². The Balaban J connectivity index is 1.20. The molecule has 0 aliphatic carbocycles. The van der Waals surface area contributed by atoms with E-state index in [2.05, 4.69) is 114 Å². The smallest absolute Gasteiger partial charge is 0.175 e. The summed E-state index contributed by atoms with van der Waals surface area (Å²) in [6, 6.07) is 61.1. The van der Waals surface area contributed by atoms with E-state index in [-0.39, 0.29) is 0 Å². The molecule has 3 nitrogen and oxygen atoms in total. The molecule has 1 aliphatic heterocycles. The van der Waals surface area contributed by atoms with Gasteiger partial charge in [-0.05, 0) is 80.2 Å². The van der Waals surface area contributed by atoms with Crippen molar-refractivity contribution < 1.29 is 4.57 Å². The van der Waals surface area contributed by atoms with Gasteiger partial charge in [-0.15, -0.1) is 0 Å². The van der Waals surface area contributed by atoms with Crippen LogP contribution in [0.25, 0.3) is 71.9 Å². The van der Waals surface area contributed by atoms with Crippen LogP contribution in [0.2, 0.25) is 0 Å². The molecule has 0 fully saturated rings. The van der Waals surface area contributed by atoms with E-state index in [1.54, 1.807) is 0 Å². The lowest BCUT2D eigenvalue weighted by atomic mass is 9.96. The molecular weight excluding hydrogens is 615 g/mol. The lowest BCUT2D eigenvalue weighted by Crippen LogP contribution is -2.34. The lowest BCUT2D eigenvalue weighted by Gasteiger charge is -2.31. The van der Waals surface area contributed by atoms with Crippen LogP contribution in [0.5, 0.6) is 0 Å². The lowest BCUT2D eigenvalue weighted by molar-refractivity contribution is 0.592. The van der Waals surface area contributed by atoms with E-state index in [9.17, 15) is 0 Å². The van der Waals surface area contributed by atoms with E-state index in [1.807, 2.05) is 66.7 Å². The predicted octanol–water partition coefficient (Wildman–Crippen LogP) is 10.3. The van der Waals surface area contributed by atoms with Gasteiger partial charge >= 0.3 is 0 Å². The second kappa shape index (κ2) is 10.8. The number of rotatable bonds is 4. The van der Waals surface area contributed by atoms with Gasteiger partial charge in [-0.1, -0.05) is 140 Å². The van der Waals surface area contributed by atoms with Crippen molar-refractivity contribution in [2.45, 2.75) is 0 Å². The molecule has 10 rings (SSSR count). The quantitative estimate of drug-likeness (QED) is 0.179. The Morgan fingerprint density at radius 2 is 1.06 bits per heavy atom. The van der Waals surface area contributed by atoms with Gasteiger partial charge in [-0.3, -0.25) is 4.57 Å². The van der Waals surface area contributed by atoms with Crippen LogP contribution in [-0.4, -0.2) is 9.55 Å². The molecule has 2 heterocycles. The third-order valence-corrected chi connectivity index (χ3v) is 13.1. The zero-order chi connectivity index (χ0) is 32.5. The first-order chi connectivity index (χ1) is 24.2. The number of fused-ring (bicyclic) bond motifs is 4. The van der Waals surface area contributed by atoms with Crippen LogP contribution < -0.4 is 15.9 Å². The van der Waals surface area contributed by atoms with Gasteiger partial charge in [0.1, 0.15) is 5.82 Å². The largest absolute Gasteiger partial charge is 0.308 e. The molecule has 1 unspecified atom stereocenters. The molecule has 0 amide bonds. The van der Waals surface area contributed by atoms with E-state index < -0.39 is 7.14 Å². The SMILES string of the molecule is O=P1(c2ccccc2)c2c(-c3ccc4cc(-c5ccc6ccccc6c5)ccc4c3)cccc2-n2c(-c3ccccc3)nc3cccc1c32. The van der Waals surface area contributed by atoms with Gasteiger partial charge in [0.2, 0.25) is 0 Å². The number of imidazole rings is 1. The molecule has 0 bridgehead atoms. The van der Waals surface area contributed by atoms with Crippen LogP contribution in [-0.2, 0) is 4.57 Å². The Morgan fingerprint density at radius 3 is 1.82 bits per heavy atom. The molecule has 1 atom stereocenters. The third kappa shape index (κ3) is 4.23. The number of aromatic nitrogens is 2. The maximum absolute atomic E-state index is 16.1. The highest BCUT2D eigenvalue weighted by Crippen LogP contribution is 2.52. The van der Waals surface area contributed by atoms with Crippen LogP contribution in [0.4, 0.5) is 0 Å². The first-order valence-corrected chi connectivity index (χ1v) is 18.3. The fourth-order valence-electron chi connectivity index (χ4n) is 7.64. The zero-order valence-electron chi connectivity index (χ0n) is 26.5. The minimum absolute atomic E-state index is 0.825. The zero-order valence-corrected chi connectivity index (χ0v) is 27.4. The summed E-state index contributed by atoms with van der Waals surface area (Å²) in [6.45, 7) is 0. The minimum atomic E-state index is -3.33. The molecule has 0 saturated heterocycles. The molecule has 0 spiro atoms. The predicted molar refractivity (Wildman–Crippen MR) is 205 cm³/mol. The van der Waals surface area contributed by atoms with Crippen molar-refractivity contribution in [1.29, 1.82) is 0 Å². The Morgan fingerprint density at radius 1 is 0.469 bits per heavy atom. The molecule has 230 valence electrons. The molecule has 0 saturated carbocycles. The van der Waals surface area contributed by atoms with Crippen molar-refractivity contribution in [2.75, 3.05) is 0 Å². The summed E-state index contributed by atoms with van der Waals surface area (Å²) in [5.74, 6) is 0.848. The molecular formula is C45H29N2OP. The van der Waals surface area contributed by atoms with E-state index in [1.165, 1.54) is 27.3 Å². The van der Waals surface area contributed by atoms with Gasteiger partial charge in [-0.25, -0.2) is 4.98 Å². The van der Waals surface area contributed by atoms with Crippen molar-refractivity contribution in [2.24, 2.45) is 0 Å². The molecule has 8 aromatic carbocycles. The molecule has 49 heavy (non-hydrogen) atoms. The summed E-state index contributed by atoms with van der Waals surface area (Å²) in [4.78, 5) is 5.15.